The van der Waals surface area contributed by atoms with Crippen LogP contribution in [0, 0.1) is 0 Å². The number of imidazole rings is 1. The van der Waals surface area contributed by atoms with Gasteiger partial charge < -0.3 is 9.47 Å². The number of carbonyl (C=O) groups excluding carboxylic acids is 1. The second-order valence-electron chi connectivity index (χ2n) is 5.78. The van der Waals surface area contributed by atoms with Gasteiger partial charge in [0.15, 0.2) is 0 Å². The van der Waals surface area contributed by atoms with Crippen LogP contribution in [-0.2, 0) is 4.79 Å². The first-order chi connectivity index (χ1) is 9.76. The largest absolute Gasteiger partial charge is 0.340 e. The average Bonchev–Trinajstić information content (AvgIpc) is 3.10. The van der Waals surface area contributed by atoms with Crippen LogP contribution in [0.3, 0.4) is 0 Å². The third-order valence-corrected chi connectivity index (χ3v) is 4.42. The summed E-state index contributed by atoms with van der Waals surface area (Å²) in [5.41, 5.74) is 0. The molecule has 2 heterocycles. The monoisotopic (exact) mass is 281 g/mol. The predicted molar refractivity (Wildman–Crippen MR) is 84.7 cm³/mol. The molecule has 0 spiro atoms. The first kappa shape index (κ1) is 15.1. The van der Waals surface area contributed by atoms with Gasteiger partial charge in [0, 0.05) is 40.3 Å². The summed E-state index contributed by atoms with van der Waals surface area (Å²) < 4.78 is 2.22. The molecule has 1 saturated heterocycles. The molecule has 4 nitrogen and oxygen atoms in total. The molecule has 0 N–H and O–H groups in total. The van der Waals surface area contributed by atoms with Crippen molar-refractivity contribution in [2.75, 3.05) is 6.54 Å². The number of hydrogen-bond donors (Lipinski definition) is 0. The lowest BCUT2D eigenvalue weighted by Gasteiger charge is -2.28. The number of carbonyl (C=O) groups is 1. The maximum atomic E-state index is 11.9. The zero-order valence-electron chi connectivity index (χ0n) is 12.8. The fourth-order valence-electron chi connectivity index (χ4n) is 3.28. The number of nitrogens with zero attached hydrogens (tertiary/aromatic N) is 3. The predicted octanol–water partition coefficient (Wildman–Crippen LogP) is 3.90. The molecule has 2 rings (SSSR count). The van der Waals surface area contributed by atoms with Crippen molar-refractivity contribution >= 4 is 5.91 Å². The van der Waals surface area contributed by atoms with E-state index in [-0.39, 0.29) is 2.85 Å². The summed E-state index contributed by atoms with van der Waals surface area (Å²) in [6, 6.07) is 0.946. The molecule has 116 valence electrons. The van der Waals surface area contributed by atoms with Crippen LogP contribution in [0.5, 0.6) is 0 Å². The minimum Gasteiger partial charge on any atom is -0.340 e. The molecule has 1 aliphatic heterocycles. The van der Waals surface area contributed by atoms with Crippen LogP contribution in [0.15, 0.2) is 18.7 Å². The third-order valence-electron chi connectivity index (χ3n) is 4.42. The van der Waals surface area contributed by atoms with Crippen LogP contribution in [-0.4, -0.2) is 32.9 Å². The molecule has 0 aromatic carbocycles. The van der Waals surface area contributed by atoms with Crippen molar-refractivity contribution in [3.63, 3.8) is 0 Å². The summed E-state index contributed by atoms with van der Waals surface area (Å²) in [5.74, 6) is 0.353. The molecule has 1 amide bonds. The summed E-state index contributed by atoms with van der Waals surface area (Å²) in [7, 11) is 0. The number of hydrogen-bond acceptors (Lipinski definition) is 2. The van der Waals surface area contributed by atoms with Crippen molar-refractivity contribution in [2.45, 2.75) is 70.9 Å². The van der Waals surface area contributed by atoms with Gasteiger partial charge in [-0.2, -0.15) is 0 Å². The van der Waals surface area contributed by atoms with Crippen molar-refractivity contribution in [3.05, 3.63) is 18.7 Å². The smallest absolute Gasteiger partial charge is 0.222 e. The van der Waals surface area contributed by atoms with Gasteiger partial charge >= 0.3 is 0 Å². The summed E-state index contributed by atoms with van der Waals surface area (Å²) in [5, 5.41) is 0. The molecular formula is C16H31N3O. The first-order valence-electron chi connectivity index (χ1n) is 8.03. The summed E-state index contributed by atoms with van der Waals surface area (Å²) >= 11 is 0. The molecule has 1 fully saturated rings. The molecule has 4 heteroatoms. The van der Waals surface area contributed by atoms with E-state index in [4.69, 9.17) is 0 Å². The van der Waals surface area contributed by atoms with Crippen LogP contribution in [0.4, 0.5) is 0 Å². The molecule has 0 saturated carbocycles. The van der Waals surface area contributed by atoms with Gasteiger partial charge in [-0.05, 0) is 32.1 Å². The fourth-order valence-corrected chi connectivity index (χ4v) is 3.28. The van der Waals surface area contributed by atoms with E-state index in [0.717, 1.165) is 38.6 Å². The standard InChI is InChI=1S/C16H27N3O.2H2/c1-3-6-15(18-12-10-17-13-18)9-8-14(4-2)19-11-5-7-16(19)20;;/h10,12-15H,3-9,11H2,1-2H3;2*1H. The number of amides is 1. The molecule has 2 unspecified atom stereocenters. The second-order valence-corrected chi connectivity index (χ2v) is 5.78. The lowest BCUT2D eigenvalue weighted by atomic mass is 10.00. The Morgan fingerprint density at radius 3 is 2.65 bits per heavy atom. The Morgan fingerprint density at radius 1 is 1.30 bits per heavy atom. The van der Waals surface area contributed by atoms with Gasteiger partial charge in [0.05, 0.1) is 6.33 Å². The van der Waals surface area contributed by atoms with E-state index in [1.165, 1.54) is 12.8 Å². The van der Waals surface area contributed by atoms with Crippen LogP contribution in [0.25, 0.3) is 0 Å². The van der Waals surface area contributed by atoms with Gasteiger partial charge in [-0.15, -0.1) is 0 Å². The molecule has 2 atom stereocenters. The molecule has 20 heavy (non-hydrogen) atoms. The SMILES string of the molecule is CCCC(CCC(CC)N1CCCC1=O)n1ccnc1.[HH].[HH]. The summed E-state index contributed by atoms with van der Waals surface area (Å²) in [4.78, 5) is 18.2. The molecule has 1 aromatic heterocycles. The van der Waals surface area contributed by atoms with Crippen molar-refractivity contribution in [1.29, 1.82) is 0 Å². The van der Waals surface area contributed by atoms with Gasteiger partial charge in [0.25, 0.3) is 0 Å². The van der Waals surface area contributed by atoms with Gasteiger partial charge in [0.1, 0.15) is 0 Å². The van der Waals surface area contributed by atoms with Gasteiger partial charge in [-0.25, -0.2) is 4.98 Å². The molecule has 1 aliphatic rings. The molecule has 0 radical (unpaired) electrons. The number of likely N-dealkylation sites (tertiary alicyclic amines) is 1. The van der Waals surface area contributed by atoms with Crippen molar-refractivity contribution in [1.82, 2.24) is 14.5 Å². The number of aromatic nitrogens is 2. The normalized spacial score (nSPS) is 18.5. The lowest BCUT2D eigenvalue weighted by Crippen LogP contribution is -2.36. The minimum absolute atomic E-state index is 0. The molecule has 0 bridgehead atoms. The molecule has 1 aromatic rings. The van der Waals surface area contributed by atoms with E-state index in [0.29, 0.717) is 18.0 Å². The van der Waals surface area contributed by atoms with Gasteiger partial charge in [-0.3, -0.25) is 4.79 Å². The zero-order valence-corrected chi connectivity index (χ0v) is 12.8. The maximum absolute atomic E-state index is 11.9. The lowest BCUT2D eigenvalue weighted by molar-refractivity contribution is -0.129. The zero-order chi connectivity index (χ0) is 14.4. The first-order valence-corrected chi connectivity index (χ1v) is 8.03. The van der Waals surface area contributed by atoms with E-state index in [9.17, 15) is 4.79 Å². The van der Waals surface area contributed by atoms with E-state index >= 15 is 0 Å². The van der Waals surface area contributed by atoms with Crippen LogP contribution in [0.2, 0.25) is 0 Å². The Bertz CT molecular complexity index is 412. The molecule has 0 aliphatic carbocycles. The van der Waals surface area contributed by atoms with Crippen molar-refractivity contribution in [2.24, 2.45) is 0 Å². The van der Waals surface area contributed by atoms with Crippen LogP contribution >= 0.6 is 0 Å². The van der Waals surface area contributed by atoms with Gasteiger partial charge in [-0.1, -0.05) is 20.3 Å². The second kappa shape index (κ2) is 7.46. The van der Waals surface area contributed by atoms with E-state index < -0.39 is 0 Å². The maximum Gasteiger partial charge on any atom is 0.222 e. The molecular weight excluding hydrogens is 250 g/mol. The summed E-state index contributed by atoms with van der Waals surface area (Å²) in [6.07, 6.45) is 13.3. The Morgan fingerprint density at radius 2 is 2.10 bits per heavy atom. The van der Waals surface area contributed by atoms with E-state index in [1.54, 1.807) is 0 Å². The van der Waals surface area contributed by atoms with E-state index in [2.05, 4.69) is 34.5 Å². The summed E-state index contributed by atoms with van der Waals surface area (Å²) in [6.45, 7) is 5.38. The van der Waals surface area contributed by atoms with E-state index in [1.807, 2.05) is 12.5 Å². The van der Waals surface area contributed by atoms with Crippen molar-refractivity contribution in [3.8, 4) is 0 Å². The Balaban J connectivity index is 0.00000220. The van der Waals surface area contributed by atoms with Crippen LogP contribution in [0.1, 0.15) is 67.7 Å². The third kappa shape index (κ3) is 3.62. The average molecular weight is 281 g/mol. The Kier molecular flexibility index (Phi) is 5.62. The fraction of sp³-hybridized carbons (Fsp3) is 0.750. The highest BCUT2D eigenvalue weighted by molar-refractivity contribution is 5.78. The highest BCUT2D eigenvalue weighted by Gasteiger charge is 2.27. The highest BCUT2D eigenvalue weighted by atomic mass is 16.2. The quantitative estimate of drug-likeness (QED) is 0.725. The Hall–Kier alpha value is -1.32. The van der Waals surface area contributed by atoms with Gasteiger partial charge in [0.2, 0.25) is 5.91 Å². The Labute approximate surface area is 125 Å². The van der Waals surface area contributed by atoms with Crippen LogP contribution < -0.4 is 0 Å². The highest BCUT2D eigenvalue weighted by Crippen LogP contribution is 2.25. The van der Waals surface area contributed by atoms with Crippen molar-refractivity contribution < 1.29 is 7.65 Å². The minimum atomic E-state index is 0. The number of rotatable bonds is 8. The topological polar surface area (TPSA) is 38.1 Å².